The van der Waals surface area contributed by atoms with Crippen molar-refractivity contribution in [3.8, 4) is 0 Å². The van der Waals surface area contributed by atoms with Gasteiger partial charge in [-0.1, -0.05) is 6.42 Å². The van der Waals surface area contributed by atoms with E-state index in [0.717, 1.165) is 24.9 Å². The van der Waals surface area contributed by atoms with Gasteiger partial charge in [0.05, 0.1) is 13.0 Å². The molecule has 2 atom stereocenters. The van der Waals surface area contributed by atoms with Gasteiger partial charge < -0.3 is 10.1 Å². The third-order valence-electron chi connectivity index (χ3n) is 3.22. The second-order valence-corrected chi connectivity index (χ2v) is 4.32. The molecule has 92 valence electrons. The van der Waals surface area contributed by atoms with Crippen LogP contribution in [-0.2, 0) is 9.53 Å². The first kappa shape index (κ1) is 11.9. The number of methoxy groups -OCH3 is 1. The molecule has 3 nitrogen and oxygen atoms in total. The average molecular weight is 237 g/mol. The van der Waals surface area contributed by atoms with Gasteiger partial charge in [0.25, 0.3) is 0 Å². The van der Waals surface area contributed by atoms with Gasteiger partial charge in [-0.15, -0.1) is 0 Å². The zero-order valence-electron chi connectivity index (χ0n) is 9.78. The van der Waals surface area contributed by atoms with Crippen LogP contribution in [-0.4, -0.2) is 19.1 Å². The summed E-state index contributed by atoms with van der Waals surface area (Å²) in [5, 5.41) is 3.27. The van der Waals surface area contributed by atoms with Crippen molar-refractivity contribution in [2.75, 3.05) is 12.4 Å². The first-order valence-electron chi connectivity index (χ1n) is 5.80. The summed E-state index contributed by atoms with van der Waals surface area (Å²) < 4.78 is 17.5. The summed E-state index contributed by atoms with van der Waals surface area (Å²) in [4.78, 5) is 11.5. The van der Waals surface area contributed by atoms with Crippen LogP contribution in [0.3, 0.4) is 0 Å². The Morgan fingerprint density at radius 2 is 2.06 bits per heavy atom. The number of benzene rings is 1. The van der Waals surface area contributed by atoms with Crippen molar-refractivity contribution < 1.29 is 13.9 Å². The summed E-state index contributed by atoms with van der Waals surface area (Å²) in [5.74, 6) is -0.515. The third kappa shape index (κ3) is 2.75. The lowest BCUT2D eigenvalue weighted by Gasteiger charge is -2.20. The molecule has 1 aromatic rings. The van der Waals surface area contributed by atoms with Gasteiger partial charge in [-0.2, -0.15) is 0 Å². The Hall–Kier alpha value is -1.58. The molecular formula is C13H16FNO2. The highest BCUT2D eigenvalue weighted by Crippen LogP contribution is 2.29. The molecule has 0 aliphatic heterocycles. The van der Waals surface area contributed by atoms with Crippen molar-refractivity contribution in [1.82, 2.24) is 0 Å². The Morgan fingerprint density at radius 1 is 1.35 bits per heavy atom. The number of carbonyl (C=O) groups is 1. The molecule has 1 unspecified atom stereocenters. The Kier molecular flexibility index (Phi) is 3.61. The summed E-state index contributed by atoms with van der Waals surface area (Å²) in [6.07, 6.45) is 2.81. The van der Waals surface area contributed by atoms with Gasteiger partial charge in [0.1, 0.15) is 5.82 Å². The predicted octanol–water partition coefficient (Wildman–Crippen LogP) is 2.58. The zero-order valence-corrected chi connectivity index (χ0v) is 9.78. The molecule has 1 saturated carbocycles. The molecule has 0 bridgehead atoms. The van der Waals surface area contributed by atoms with Crippen LogP contribution < -0.4 is 5.32 Å². The minimum Gasteiger partial charge on any atom is -0.469 e. The van der Waals surface area contributed by atoms with Gasteiger partial charge in [-0.05, 0) is 37.1 Å². The van der Waals surface area contributed by atoms with E-state index in [1.165, 1.54) is 19.2 Å². The molecule has 0 saturated heterocycles. The normalized spacial score (nSPS) is 23.4. The molecule has 0 amide bonds. The Bertz CT molecular complexity index is 391. The Morgan fingerprint density at radius 3 is 2.71 bits per heavy atom. The number of hydrogen-bond acceptors (Lipinski definition) is 3. The van der Waals surface area contributed by atoms with Crippen LogP contribution in [0.1, 0.15) is 19.3 Å². The largest absolute Gasteiger partial charge is 0.469 e. The number of hydrogen-bond donors (Lipinski definition) is 1. The highest BCUT2D eigenvalue weighted by molar-refractivity contribution is 5.74. The van der Waals surface area contributed by atoms with Crippen molar-refractivity contribution in [1.29, 1.82) is 0 Å². The van der Waals surface area contributed by atoms with Crippen LogP contribution in [0, 0.1) is 11.7 Å². The maximum absolute atomic E-state index is 12.8. The molecule has 2 rings (SSSR count). The fraction of sp³-hybridized carbons (Fsp3) is 0.462. The number of rotatable bonds is 3. The number of carbonyl (C=O) groups excluding carboxylic acids is 1. The molecule has 1 aliphatic carbocycles. The van der Waals surface area contributed by atoms with E-state index >= 15 is 0 Å². The number of nitrogens with one attached hydrogen (secondary N) is 1. The van der Waals surface area contributed by atoms with E-state index in [9.17, 15) is 9.18 Å². The quantitative estimate of drug-likeness (QED) is 0.821. The van der Waals surface area contributed by atoms with E-state index < -0.39 is 0 Å². The maximum Gasteiger partial charge on any atom is 0.310 e. The number of ether oxygens (including phenoxy) is 1. The summed E-state index contributed by atoms with van der Waals surface area (Å²) in [5.41, 5.74) is 0.840. The zero-order chi connectivity index (χ0) is 12.3. The van der Waals surface area contributed by atoms with Crippen molar-refractivity contribution in [3.05, 3.63) is 30.1 Å². The first-order valence-corrected chi connectivity index (χ1v) is 5.80. The molecule has 0 spiro atoms. The predicted molar refractivity (Wildman–Crippen MR) is 63.2 cm³/mol. The number of halogens is 1. The lowest BCUT2D eigenvalue weighted by Crippen LogP contribution is -2.30. The second kappa shape index (κ2) is 5.17. The molecule has 1 N–H and O–H groups in total. The minimum atomic E-state index is -0.258. The second-order valence-electron chi connectivity index (χ2n) is 4.32. The van der Waals surface area contributed by atoms with E-state index in [-0.39, 0.29) is 23.7 Å². The van der Waals surface area contributed by atoms with Crippen LogP contribution in [0.5, 0.6) is 0 Å². The van der Waals surface area contributed by atoms with Gasteiger partial charge in [0.15, 0.2) is 0 Å². The van der Waals surface area contributed by atoms with E-state index in [1.807, 2.05) is 0 Å². The van der Waals surface area contributed by atoms with Gasteiger partial charge in [-0.3, -0.25) is 4.79 Å². The molecule has 0 heterocycles. The van der Waals surface area contributed by atoms with E-state index in [1.54, 1.807) is 12.1 Å². The van der Waals surface area contributed by atoms with E-state index in [0.29, 0.717) is 0 Å². The monoisotopic (exact) mass is 237 g/mol. The fourth-order valence-electron chi connectivity index (χ4n) is 2.33. The standard InChI is InChI=1S/C13H16FNO2/c1-17-13(16)11-3-2-4-12(11)15-10-7-5-9(14)6-8-10/h5-8,11-12,15H,2-4H2,1H3/t11-,12?/m1/s1. The first-order chi connectivity index (χ1) is 8.20. The lowest BCUT2D eigenvalue weighted by atomic mass is 10.0. The Labute approximate surface area is 100.0 Å². The van der Waals surface area contributed by atoms with Crippen LogP contribution in [0.2, 0.25) is 0 Å². The van der Waals surface area contributed by atoms with Crippen molar-refractivity contribution >= 4 is 11.7 Å². The van der Waals surface area contributed by atoms with Crippen LogP contribution >= 0.6 is 0 Å². The van der Waals surface area contributed by atoms with Crippen molar-refractivity contribution in [2.45, 2.75) is 25.3 Å². The molecule has 1 fully saturated rings. The molecular weight excluding hydrogens is 221 g/mol. The van der Waals surface area contributed by atoms with Gasteiger partial charge in [0, 0.05) is 11.7 Å². The van der Waals surface area contributed by atoms with E-state index in [4.69, 9.17) is 4.74 Å². The lowest BCUT2D eigenvalue weighted by molar-refractivity contribution is -0.145. The molecule has 0 radical (unpaired) electrons. The SMILES string of the molecule is COC(=O)[C@@H]1CCCC1Nc1ccc(F)cc1. The smallest absolute Gasteiger partial charge is 0.310 e. The summed E-state index contributed by atoms with van der Waals surface area (Å²) in [6, 6.07) is 6.27. The van der Waals surface area contributed by atoms with Gasteiger partial charge >= 0.3 is 5.97 Å². The average Bonchev–Trinajstić information content (AvgIpc) is 2.79. The van der Waals surface area contributed by atoms with Gasteiger partial charge in [0.2, 0.25) is 0 Å². The van der Waals surface area contributed by atoms with Crippen LogP contribution in [0.4, 0.5) is 10.1 Å². The molecule has 1 aliphatic rings. The summed E-state index contributed by atoms with van der Waals surface area (Å²) in [6.45, 7) is 0. The van der Waals surface area contributed by atoms with Crippen molar-refractivity contribution in [3.63, 3.8) is 0 Å². The molecule has 17 heavy (non-hydrogen) atoms. The van der Waals surface area contributed by atoms with E-state index in [2.05, 4.69) is 5.32 Å². The number of anilines is 1. The van der Waals surface area contributed by atoms with Crippen LogP contribution in [0.15, 0.2) is 24.3 Å². The third-order valence-corrected chi connectivity index (χ3v) is 3.22. The topological polar surface area (TPSA) is 38.3 Å². The summed E-state index contributed by atoms with van der Waals surface area (Å²) in [7, 11) is 1.41. The maximum atomic E-state index is 12.8. The Balaban J connectivity index is 2.02. The van der Waals surface area contributed by atoms with Crippen LogP contribution in [0.25, 0.3) is 0 Å². The molecule has 1 aromatic carbocycles. The van der Waals surface area contributed by atoms with Crippen molar-refractivity contribution in [2.24, 2.45) is 5.92 Å². The highest BCUT2D eigenvalue weighted by atomic mass is 19.1. The fourth-order valence-corrected chi connectivity index (χ4v) is 2.33. The number of esters is 1. The minimum absolute atomic E-state index is 0.0907. The molecule has 4 heteroatoms. The van der Waals surface area contributed by atoms with Gasteiger partial charge in [-0.25, -0.2) is 4.39 Å². The highest BCUT2D eigenvalue weighted by Gasteiger charge is 2.33. The summed E-state index contributed by atoms with van der Waals surface area (Å²) >= 11 is 0. The molecule has 0 aromatic heterocycles.